The van der Waals surface area contributed by atoms with Crippen LogP contribution in [-0.2, 0) is 9.59 Å². The molecule has 1 rings (SSSR count). The number of carbonyl (C=O) groups excluding carboxylic acids is 2. The van der Waals surface area contributed by atoms with Gasteiger partial charge in [0.25, 0.3) is 5.69 Å². The van der Waals surface area contributed by atoms with E-state index in [0.717, 1.165) is 6.07 Å². The lowest BCUT2D eigenvalue weighted by atomic mass is 10.2. The molecule has 0 aliphatic rings. The lowest BCUT2D eigenvalue weighted by Gasteiger charge is -2.04. The van der Waals surface area contributed by atoms with Crippen molar-refractivity contribution in [2.75, 3.05) is 5.32 Å². The molecule has 1 aromatic rings. The number of rotatable bonds is 4. The van der Waals surface area contributed by atoms with E-state index < -0.39 is 16.8 Å². The number of non-ortho nitro benzene ring substituents is 1. The molecule has 0 heterocycles. The summed E-state index contributed by atoms with van der Waals surface area (Å²) in [5.74, 6) is -2.32. The summed E-state index contributed by atoms with van der Waals surface area (Å²) < 4.78 is 0. The minimum atomic E-state index is -1.53. The van der Waals surface area contributed by atoms with Crippen molar-refractivity contribution in [3.05, 3.63) is 45.5 Å². The number of amides is 1. The van der Waals surface area contributed by atoms with Crippen LogP contribution >= 0.6 is 11.6 Å². The van der Waals surface area contributed by atoms with Gasteiger partial charge < -0.3 is 15.2 Å². The number of benzene rings is 1. The standard InChI is InChI=1S/C10H7ClN2O5/c11-7-2-1-6(13(17)18)5-8(7)12-9(14)3-4-10(15)16/h1-5H,(H,12,14)(H,15,16)/p-1/b4-3+. The van der Waals surface area contributed by atoms with Crippen LogP contribution in [0.4, 0.5) is 11.4 Å². The van der Waals surface area contributed by atoms with Crippen LogP contribution < -0.4 is 10.4 Å². The van der Waals surface area contributed by atoms with Crippen LogP contribution in [-0.4, -0.2) is 16.8 Å². The molecule has 8 heteroatoms. The number of hydrogen-bond donors (Lipinski definition) is 1. The zero-order valence-corrected chi connectivity index (χ0v) is 9.51. The Kier molecular flexibility index (Phi) is 4.39. The van der Waals surface area contributed by atoms with E-state index in [-0.39, 0.29) is 16.4 Å². The number of carboxylic acid groups (broad SMARTS) is 1. The zero-order valence-electron chi connectivity index (χ0n) is 8.75. The lowest BCUT2D eigenvalue weighted by molar-refractivity contribution is -0.384. The molecule has 0 saturated heterocycles. The Morgan fingerprint density at radius 3 is 2.56 bits per heavy atom. The minimum absolute atomic E-state index is 0.0128. The van der Waals surface area contributed by atoms with Crippen molar-refractivity contribution in [1.29, 1.82) is 0 Å². The Labute approximate surface area is 106 Å². The average molecular weight is 270 g/mol. The van der Waals surface area contributed by atoms with Crippen molar-refractivity contribution in [3.8, 4) is 0 Å². The van der Waals surface area contributed by atoms with E-state index in [1.54, 1.807) is 0 Å². The second kappa shape index (κ2) is 5.78. The second-order valence-corrected chi connectivity index (χ2v) is 3.47. The molecule has 0 unspecified atom stereocenters. The minimum Gasteiger partial charge on any atom is -0.545 e. The number of carbonyl (C=O) groups is 2. The van der Waals surface area contributed by atoms with E-state index in [2.05, 4.69) is 5.32 Å². The van der Waals surface area contributed by atoms with E-state index in [1.807, 2.05) is 0 Å². The van der Waals surface area contributed by atoms with Crippen molar-refractivity contribution in [3.63, 3.8) is 0 Å². The monoisotopic (exact) mass is 269 g/mol. The van der Waals surface area contributed by atoms with Crippen molar-refractivity contribution < 1.29 is 19.6 Å². The summed E-state index contributed by atoms with van der Waals surface area (Å²) in [5, 5.41) is 22.9. The highest BCUT2D eigenvalue weighted by molar-refractivity contribution is 6.34. The maximum absolute atomic E-state index is 11.2. The smallest absolute Gasteiger partial charge is 0.271 e. The summed E-state index contributed by atoms with van der Waals surface area (Å²) in [5.41, 5.74) is -0.238. The summed E-state index contributed by atoms with van der Waals surface area (Å²) >= 11 is 5.72. The lowest BCUT2D eigenvalue weighted by Crippen LogP contribution is -2.20. The molecule has 0 aromatic heterocycles. The van der Waals surface area contributed by atoms with Crippen molar-refractivity contribution >= 4 is 34.9 Å². The van der Waals surface area contributed by atoms with E-state index in [0.29, 0.717) is 12.2 Å². The molecule has 18 heavy (non-hydrogen) atoms. The number of nitro groups is 1. The summed E-state index contributed by atoms with van der Waals surface area (Å²) in [6.07, 6.45) is 1.24. The van der Waals surface area contributed by atoms with E-state index >= 15 is 0 Å². The number of nitrogens with one attached hydrogen (secondary N) is 1. The Morgan fingerprint density at radius 1 is 1.33 bits per heavy atom. The number of nitrogens with zero attached hydrogens (tertiary/aromatic N) is 1. The number of nitro benzene ring substituents is 1. The zero-order chi connectivity index (χ0) is 13.7. The predicted molar refractivity (Wildman–Crippen MR) is 60.9 cm³/mol. The van der Waals surface area contributed by atoms with Gasteiger partial charge in [-0.15, -0.1) is 0 Å². The first-order valence-electron chi connectivity index (χ1n) is 4.54. The normalized spacial score (nSPS) is 10.3. The first kappa shape index (κ1) is 13.7. The molecule has 1 aromatic carbocycles. The molecule has 1 amide bonds. The summed E-state index contributed by atoms with van der Waals surface area (Å²) in [6, 6.07) is 3.49. The molecule has 0 aliphatic carbocycles. The Bertz CT molecular complexity index is 541. The molecule has 0 saturated carbocycles. The van der Waals surface area contributed by atoms with Crippen LogP contribution in [0.5, 0.6) is 0 Å². The van der Waals surface area contributed by atoms with E-state index in [9.17, 15) is 24.8 Å². The Morgan fingerprint density at radius 2 is 2.00 bits per heavy atom. The molecule has 0 fully saturated rings. The van der Waals surface area contributed by atoms with Gasteiger partial charge in [0.15, 0.2) is 0 Å². The Hall–Kier alpha value is -2.41. The van der Waals surface area contributed by atoms with Crippen LogP contribution in [0.1, 0.15) is 0 Å². The highest BCUT2D eigenvalue weighted by atomic mass is 35.5. The quantitative estimate of drug-likeness (QED) is 0.486. The summed E-state index contributed by atoms with van der Waals surface area (Å²) in [6.45, 7) is 0. The molecule has 0 bridgehead atoms. The first-order valence-corrected chi connectivity index (χ1v) is 4.92. The SMILES string of the molecule is O=C([O-])/C=C/C(=O)Nc1cc([N+](=O)[O-])ccc1Cl. The fourth-order valence-corrected chi connectivity index (χ4v) is 1.21. The third kappa shape index (κ3) is 3.87. The maximum atomic E-state index is 11.2. The summed E-state index contributed by atoms with van der Waals surface area (Å²) in [7, 11) is 0. The number of carboxylic acids is 1. The van der Waals surface area contributed by atoms with Crippen molar-refractivity contribution in [2.45, 2.75) is 0 Å². The number of anilines is 1. The van der Waals surface area contributed by atoms with Crippen LogP contribution in [0, 0.1) is 10.1 Å². The molecule has 7 nitrogen and oxygen atoms in total. The predicted octanol–water partition coefficient (Wildman–Crippen LogP) is 0.493. The topological polar surface area (TPSA) is 112 Å². The number of aliphatic carboxylic acids is 1. The molecular formula is C10H6ClN2O5-. The van der Waals surface area contributed by atoms with Gasteiger partial charge in [-0.25, -0.2) is 0 Å². The van der Waals surface area contributed by atoms with Gasteiger partial charge in [0.2, 0.25) is 5.91 Å². The summed E-state index contributed by atoms with van der Waals surface area (Å²) in [4.78, 5) is 31.2. The fraction of sp³-hybridized carbons (Fsp3) is 0. The van der Waals surface area contributed by atoms with Gasteiger partial charge in [-0.05, 0) is 12.1 Å². The van der Waals surface area contributed by atoms with Crippen LogP contribution in [0.3, 0.4) is 0 Å². The molecule has 1 N–H and O–H groups in total. The van der Waals surface area contributed by atoms with Gasteiger partial charge in [0, 0.05) is 18.2 Å². The first-order chi connectivity index (χ1) is 8.40. The largest absolute Gasteiger partial charge is 0.545 e. The third-order valence-electron chi connectivity index (χ3n) is 1.79. The van der Waals surface area contributed by atoms with Crippen molar-refractivity contribution in [2.24, 2.45) is 0 Å². The highest BCUT2D eigenvalue weighted by Gasteiger charge is 2.10. The van der Waals surface area contributed by atoms with E-state index in [4.69, 9.17) is 11.6 Å². The van der Waals surface area contributed by atoms with E-state index in [1.165, 1.54) is 12.1 Å². The van der Waals surface area contributed by atoms with Crippen LogP contribution in [0.2, 0.25) is 5.02 Å². The third-order valence-corrected chi connectivity index (χ3v) is 2.12. The highest BCUT2D eigenvalue weighted by Crippen LogP contribution is 2.26. The fourth-order valence-electron chi connectivity index (χ4n) is 1.04. The van der Waals surface area contributed by atoms with Crippen molar-refractivity contribution in [1.82, 2.24) is 0 Å². The van der Waals surface area contributed by atoms with Gasteiger partial charge in [0.05, 0.1) is 21.6 Å². The van der Waals surface area contributed by atoms with Gasteiger partial charge in [-0.1, -0.05) is 11.6 Å². The second-order valence-electron chi connectivity index (χ2n) is 3.06. The molecule has 0 aliphatic heterocycles. The molecule has 0 spiro atoms. The number of hydrogen-bond acceptors (Lipinski definition) is 5. The van der Waals surface area contributed by atoms with Gasteiger partial charge >= 0.3 is 0 Å². The van der Waals surface area contributed by atoms with Crippen LogP contribution in [0.25, 0.3) is 0 Å². The van der Waals surface area contributed by atoms with Gasteiger partial charge in [-0.3, -0.25) is 14.9 Å². The molecule has 94 valence electrons. The Balaban J connectivity index is 2.90. The molecule has 0 atom stereocenters. The van der Waals surface area contributed by atoms with Gasteiger partial charge in [-0.2, -0.15) is 0 Å². The van der Waals surface area contributed by atoms with Gasteiger partial charge in [0.1, 0.15) is 0 Å². The molecular weight excluding hydrogens is 264 g/mol. The number of halogens is 1. The van der Waals surface area contributed by atoms with Crippen LogP contribution in [0.15, 0.2) is 30.4 Å². The maximum Gasteiger partial charge on any atom is 0.271 e. The molecule has 0 radical (unpaired) electrons. The average Bonchev–Trinajstić information content (AvgIpc) is 2.29.